The molecule has 0 bridgehead atoms. The molecule has 1 saturated heterocycles. The molecular weight excluding hydrogens is 316 g/mol. The van der Waals surface area contributed by atoms with Crippen molar-refractivity contribution in [3.05, 3.63) is 52.9 Å². The van der Waals surface area contributed by atoms with Crippen molar-refractivity contribution >= 4 is 21.7 Å². The monoisotopic (exact) mass is 332 g/mol. The number of piperazine rings is 1. The van der Waals surface area contributed by atoms with Crippen molar-refractivity contribution in [2.75, 3.05) is 31.1 Å². The average molecular weight is 333 g/mol. The van der Waals surface area contributed by atoms with Gasteiger partial charge in [0, 0.05) is 49.6 Å². The minimum absolute atomic E-state index is 0.920. The van der Waals surface area contributed by atoms with Crippen molar-refractivity contribution < 1.29 is 0 Å². The molecule has 0 aromatic carbocycles. The highest BCUT2D eigenvalue weighted by Crippen LogP contribution is 2.14. The van der Waals surface area contributed by atoms with Crippen molar-refractivity contribution in [1.29, 1.82) is 0 Å². The number of pyridine rings is 2. The molecular formula is C15H17BrN4. The third-order valence-electron chi connectivity index (χ3n) is 3.52. The first-order chi connectivity index (χ1) is 9.81. The van der Waals surface area contributed by atoms with Crippen LogP contribution < -0.4 is 4.90 Å². The summed E-state index contributed by atoms with van der Waals surface area (Å²) in [4.78, 5) is 13.6. The van der Waals surface area contributed by atoms with Gasteiger partial charge >= 0.3 is 0 Å². The number of rotatable bonds is 3. The summed E-state index contributed by atoms with van der Waals surface area (Å²) >= 11 is 3.41. The summed E-state index contributed by atoms with van der Waals surface area (Å²) in [5.41, 5.74) is 1.12. The number of nitrogens with zero attached hydrogens (tertiary/aromatic N) is 4. The van der Waals surface area contributed by atoms with Crippen LogP contribution in [0.3, 0.4) is 0 Å². The Bertz CT molecular complexity index is 536. The molecule has 0 spiro atoms. The highest BCUT2D eigenvalue weighted by atomic mass is 79.9. The Labute approximate surface area is 127 Å². The van der Waals surface area contributed by atoms with E-state index in [1.165, 1.54) is 0 Å². The first-order valence-corrected chi connectivity index (χ1v) is 7.59. The van der Waals surface area contributed by atoms with Crippen molar-refractivity contribution in [2.45, 2.75) is 6.54 Å². The fourth-order valence-electron chi connectivity index (χ4n) is 2.40. The Morgan fingerprint density at radius 3 is 2.50 bits per heavy atom. The summed E-state index contributed by atoms with van der Waals surface area (Å²) in [7, 11) is 0. The maximum absolute atomic E-state index is 4.44. The lowest BCUT2D eigenvalue weighted by Gasteiger charge is -2.35. The van der Waals surface area contributed by atoms with Crippen LogP contribution in [0.1, 0.15) is 5.69 Å². The number of hydrogen-bond donors (Lipinski definition) is 0. The van der Waals surface area contributed by atoms with Gasteiger partial charge < -0.3 is 4.90 Å². The Balaban J connectivity index is 1.55. The molecule has 0 radical (unpaired) electrons. The molecule has 5 heteroatoms. The van der Waals surface area contributed by atoms with E-state index in [0.29, 0.717) is 0 Å². The van der Waals surface area contributed by atoms with Crippen LogP contribution in [0.2, 0.25) is 0 Å². The van der Waals surface area contributed by atoms with E-state index < -0.39 is 0 Å². The maximum atomic E-state index is 4.44. The van der Waals surface area contributed by atoms with Crippen molar-refractivity contribution in [2.24, 2.45) is 0 Å². The van der Waals surface area contributed by atoms with Gasteiger partial charge in [-0.1, -0.05) is 6.07 Å². The fraction of sp³-hybridized carbons (Fsp3) is 0.333. The second-order valence-electron chi connectivity index (χ2n) is 4.92. The third-order valence-corrected chi connectivity index (χ3v) is 3.99. The quantitative estimate of drug-likeness (QED) is 0.864. The summed E-state index contributed by atoms with van der Waals surface area (Å²) in [5.74, 6) is 1.08. The van der Waals surface area contributed by atoms with Crippen LogP contribution in [0.4, 0.5) is 5.82 Å². The first kappa shape index (κ1) is 13.5. The van der Waals surface area contributed by atoms with Gasteiger partial charge in [-0.05, 0) is 40.2 Å². The minimum atomic E-state index is 0.920. The van der Waals surface area contributed by atoms with Gasteiger partial charge in [-0.2, -0.15) is 0 Å². The highest BCUT2D eigenvalue weighted by Gasteiger charge is 2.18. The predicted octanol–water partition coefficient (Wildman–Crippen LogP) is 2.56. The Morgan fingerprint density at radius 1 is 1.00 bits per heavy atom. The van der Waals surface area contributed by atoms with Crippen LogP contribution in [-0.4, -0.2) is 41.0 Å². The number of anilines is 1. The molecule has 2 aromatic heterocycles. The molecule has 0 amide bonds. The maximum Gasteiger partial charge on any atom is 0.128 e. The fourth-order valence-corrected chi connectivity index (χ4v) is 2.64. The van der Waals surface area contributed by atoms with Crippen LogP contribution >= 0.6 is 15.9 Å². The van der Waals surface area contributed by atoms with E-state index in [4.69, 9.17) is 0 Å². The highest BCUT2D eigenvalue weighted by molar-refractivity contribution is 9.10. The standard InChI is InChI=1S/C15H17BrN4/c16-13-4-5-14(18-11-13)12-19-7-9-20(10-8-19)15-3-1-2-6-17-15/h1-6,11H,7-10,12H2. The molecule has 4 nitrogen and oxygen atoms in total. The number of aromatic nitrogens is 2. The second kappa shape index (κ2) is 6.33. The van der Waals surface area contributed by atoms with Crippen LogP contribution in [0, 0.1) is 0 Å². The van der Waals surface area contributed by atoms with Crippen LogP contribution in [0.25, 0.3) is 0 Å². The molecule has 3 heterocycles. The lowest BCUT2D eigenvalue weighted by Crippen LogP contribution is -2.46. The van der Waals surface area contributed by atoms with Gasteiger partial charge in [0.2, 0.25) is 0 Å². The second-order valence-corrected chi connectivity index (χ2v) is 5.83. The SMILES string of the molecule is Brc1ccc(CN2CCN(c3ccccn3)CC2)nc1. The Kier molecular flexibility index (Phi) is 4.28. The van der Waals surface area contributed by atoms with Crippen molar-refractivity contribution in [1.82, 2.24) is 14.9 Å². The van der Waals surface area contributed by atoms with Gasteiger partial charge in [-0.3, -0.25) is 9.88 Å². The lowest BCUT2D eigenvalue weighted by atomic mass is 10.2. The van der Waals surface area contributed by atoms with Gasteiger partial charge in [0.25, 0.3) is 0 Å². The van der Waals surface area contributed by atoms with E-state index >= 15 is 0 Å². The molecule has 0 saturated carbocycles. The molecule has 1 fully saturated rings. The zero-order valence-corrected chi connectivity index (χ0v) is 12.8. The summed E-state index contributed by atoms with van der Waals surface area (Å²) < 4.78 is 1.03. The predicted molar refractivity (Wildman–Crippen MR) is 83.7 cm³/mol. The molecule has 0 N–H and O–H groups in total. The largest absolute Gasteiger partial charge is 0.354 e. The first-order valence-electron chi connectivity index (χ1n) is 6.80. The Morgan fingerprint density at radius 2 is 1.85 bits per heavy atom. The third kappa shape index (κ3) is 3.35. The number of hydrogen-bond acceptors (Lipinski definition) is 4. The van der Waals surface area contributed by atoms with Crippen LogP contribution in [0.5, 0.6) is 0 Å². The molecule has 1 aliphatic heterocycles. The summed E-state index contributed by atoms with van der Waals surface area (Å²) in [6, 6.07) is 10.2. The molecule has 3 rings (SSSR count). The van der Waals surface area contributed by atoms with Gasteiger partial charge in [0.1, 0.15) is 5.82 Å². The van der Waals surface area contributed by atoms with E-state index in [9.17, 15) is 0 Å². The normalized spacial score (nSPS) is 16.4. The summed E-state index contributed by atoms with van der Waals surface area (Å²) in [5, 5.41) is 0. The average Bonchev–Trinajstić information content (AvgIpc) is 2.51. The van der Waals surface area contributed by atoms with Crippen molar-refractivity contribution in [3.63, 3.8) is 0 Å². The zero-order valence-electron chi connectivity index (χ0n) is 11.2. The van der Waals surface area contributed by atoms with Gasteiger partial charge in [0.15, 0.2) is 0 Å². The van der Waals surface area contributed by atoms with Gasteiger partial charge in [-0.15, -0.1) is 0 Å². The summed E-state index contributed by atoms with van der Waals surface area (Å²) in [6.45, 7) is 5.06. The van der Waals surface area contributed by atoms with E-state index in [-0.39, 0.29) is 0 Å². The van der Waals surface area contributed by atoms with Crippen LogP contribution in [-0.2, 0) is 6.54 Å². The minimum Gasteiger partial charge on any atom is -0.354 e. The molecule has 1 aliphatic rings. The molecule has 2 aromatic rings. The van der Waals surface area contributed by atoms with Gasteiger partial charge in [-0.25, -0.2) is 4.98 Å². The van der Waals surface area contributed by atoms with Crippen LogP contribution in [0.15, 0.2) is 47.2 Å². The topological polar surface area (TPSA) is 32.3 Å². The molecule has 0 atom stereocenters. The van der Waals surface area contributed by atoms with E-state index in [1.807, 2.05) is 30.6 Å². The molecule has 0 unspecified atom stereocenters. The molecule has 104 valence electrons. The number of halogens is 1. The van der Waals surface area contributed by atoms with E-state index in [2.05, 4.69) is 47.8 Å². The lowest BCUT2D eigenvalue weighted by molar-refractivity contribution is 0.246. The van der Waals surface area contributed by atoms with Gasteiger partial charge in [0.05, 0.1) is 5.69 Å². The zero-order chi connectivity index (χ0) is 13.8. The summed E-state index contributed by atoms with van der Waals surface area (Å²) in [6.07, 6.45) is 3.72. The van der Waals surface area contributed by atoms with E-state index in [1.54, 1.807) is 0 Å². The molecule has 20 heavy (non-hydrogen) atoms. The smallest absolute Gasteiger partial charge is 0.128 e. The van der Waals surface area contributed by atoms with E-state index in [0.717, 1.165) is 48.7 Å². The Hall–Kier alpha value is -1.46. The van der Waals surface area contributed by atoms with Crippen molar-refractivity contribution in [3.8, 4) is 0 Å². The molecule has 0 aliphatic carbocycles.